The molecule has 0 aliphatic carbocycles. The van der Waals surface area contributed by atoms with E-state index in [2.05, 4.69) is 15.4 Å². The number of carbonyl (C=O) groups is 3. The third kappa shape index (κ3) is 7.04. The number of carbonyl (C=O) groups excluding carboxylic acids is 3. The first-order chi connectivity index (χ1) is 25.9. The van der Waals surface area contributed by atoms with E-state index in [1.807, 2.05) is 97.2 Å². The molecule has 0 bridgehead atoms. The van der Waals surface area contributed by atoms with Gasteiger partial charge < -0.3 is 20.2 Å². The first-order valence-corrected chi connectivity index (χ1v) is 17.6. The summed E-state index contributed by atoms with van der Waals surface area (Å²) >= 11 is 0. The SMILES string of the molecule is O=C1C(Cc2ccc(O)cc2)N2C(=O)CN(Cc3cnn(-c4ccccc4)c3)N(C(=O)NCc3ccccc3)C2CN1Cc1cccc2ncccc12. The Morgan fingerprint density at radius 1 is 0.811 bits per heavy atom. The molecule has 4 amide bonds. The van der Waals surface area contributed by atoms with Crippen molar-refractivity contribution >= 4 is 28.7 Å². The monoisotopic (exact) mass is 706 g/mol. The van der Waals surface area contributed by atoms with E-state index in [-0.39, 0.29) is 62.7 Å². The minimum absolute atomic E-state index is 0.0891. The van der Waals surface area contributed by atoms with Gasteiger partial charge in [-0.1, -0.05) is 78.9 Å². The highest BCUT2D eigenvalue weighted by molar-refractivity contribution is 5.92. The van der Waals surface area contributed by atoms with E-state index in [1.165, 1.54) is 0 Å². The number of aromatic hydroxyl groups is 1. The molecule has 2 unspecified atom stereocenters. The number of aromatic nitrogens is 3. The van der Waals surface area contributed by atoms with Gasteiger partial charge in [-0.2, -0.15) is 5.10 Å². The number of pyridine rings is 1. The van der Waals surface area contributed by atoms with Crippen molar-refractivity contribution in [3.8, 4) is 11.4 Å². The summed E-state index contributed by atoms with van der Waals surface area (Å²) in [6.45, 7) is 0.730. The molecule has 0 saturated carbocycles. The molecule has 2 atom stereocenters. The molecule has 0 spiro atoms. The molecule has 6 aromatic rings. The Labute approximate surface area is 306 Å². The lowest BCUT2D eigenvalue weighted by molar-refractivity contribution is -0.192. The molecule has 4 aromatic carbocycles. The van der Waals surface area contributed by atoms with E-state index < -0.39 is 12.2 Å². The number of rotatable bonds is 9. The maximum Gasteiger partial charge on any atom is 0.334 e. The fourth-order valence-electron chi connectivity index (χ4n) is 7.27. The summed E-state index contributed by atoms with van der Waals surface area (Å²) in [4.78, 5) is 51.2. The average Bonchev–Trinajstić information content (AvgIpc) is 3.66. The summed E-state index contributed by atoms with van der Waals surface area (Å²) in [5, 5.41) is 21.9. The quantitative estimate of drug-likeness (QED) is 0.220. The van der Waals surface area contributed by atoms with Gasteiger partial charge in [0.25, 0.3) is 0 Å². The van der Waals surface area contributed by atoms with E-state index in [9.17, 15) is 19.5 Å². The van der Waals surface area contributed by atoms with Crippen LogP contribution in [0.4, 0.5) is 4.79 Å². The first kappa shape index (κ1) is 33.6. The van der Waals surface area contributed by atoms with Crippen LogP contribution in [0.3, 0.4) is 0 Å². The highest BCUT2D eigenvalue weighted by Crippen LogP contribution is 2.31. The Balaban J connectivity index is 1.16. The van der Waals surface area contributed by atoms with Crippen molar-refractivity contribution in [3.05, 3.63) is 156 Å². The van der Waals surface area contributed by atoms with Crippen molar-refractivity contribution in [2.75, 3.05) is 13.1 Å². The van der Waals surface area contributed by atoms with Gasteiger partial charge in [-0.3, -0.25) is 14.6 Å². The Morgan fingerprint density at radius 3 is 2.38 bits per heavy atom. The Kier molecular flexibility index (Phi) is 9.26. The van der Waals surface area contributed by atoms with Crippen LogP contribution in [0.5, 0.6) is 5.75 Å². The van der Waals surface area contributed by atoms with Crippen LogP contribution < -0.4 is 5.32 Å². The standard InChI is InChI=1S/C41H38N8O4/c50-34-18-16-29(17-19-34)21-37-40(52)45(26-32-11-7-15-36-35(32)14-8-20-42-36)27-38-48(37)39(51)28-46(49(38)41(53)43-22-30-9-3-1-4-10-30)24-31-23-44-47(25-31)33-12-5-2-6-13-33/h1-20,23,25,37-38,50H,21-22,24,26-28H2,(H,43,53). The minimum Gasteiger partial charge on any atom is -0.508 e. The second kappa shape index (κ2) is 14.6. The molecule has 2 aromatic heterocycles. The normalized spacial score (nSPS) is 17.6. The second-order valence-corrected chi connectivity index (χ2v) is 13.3. The van der Waals surface area contributed by atoms with Crippen LogP contribution in [0.1, 0.15) is 22.3 Å². The number of piperazine rings is 1. The van der Waals surface area contributed by atoms with Gasteiger partial charge in [0, 0.05) is 49.4 Å². The summed E-state index contributed by atoms with van der Waals surface area (Å²) in [5.41, 5.74) is 5.13. The summed E-state index contributed by atoms with van der Waals surface area (Å²) in [6, 6.07) is 34.4. The number of fused-ring (bicyclic) bond motifs is 2. The van der Waals surface area contributed by atoms with E-state index in [1.54, 1.807) is 61.2 Å². The van der Waals surface area contributed by atoms with Gasteiger partial charge in [-0.15, -0.1) is 0 Å². The lowest BCUT2D eigenvalue weighted by Crippen LogP contribution is -2.76. The van der Waals surface area contributed by atoms with Crippen LogP contribution in [0.15, 0.2) is 134 Å². The molecule has 12 heteroatoms. The number of hydrogen-bond donors (Lipinski definition) is 2. The summed E-state index contributed by atoms with van der Waals surface area (Å²) in [7, 11) is 0. The molecule has 2 aliphatic rings. The third-order valence-corrected chi connectivity index (χ3v) is 9.81. The number of hydrazine groups is 1. The predicted molar refractivity (Wildman–Crippen MR) is 198 cm³/mol. The Hall–Kier alpha value is -6.53. The molecule has 8 rings (SSSR count). The van der Waals surface area contributed by atoms with E-state index >= 15 is 0 Å². The number of benzene rings is 4. The lowest BCUT2D eigenvalue weighted by atomic mass is 9.97. The highest BCUT2D eigenvalue weighted by atomic mass is 16.3. The number of para-hydroxylation sites is 1. The van der Waals surface area contributed by atoms with Crippen LogP contribution in [-0.4, -0.2) is 82.8 Å². The van der Waals surface area contributed by atoms with Gasteiger partial charge in [0.1, 0.15) is 18.0 Å². The van der Waals surface area contributed by atoms with Gasteiger partial charge in [-0.05, 0) is 53.1 Å². The minimum atomic E-state index is -0.897. The van der Waals surface area contributed by atoms with Gasteiger partial charge in [-0.25, -0.2) is 19.5 Å². The summed E-state index contributed by atoms with van der Waals surface area (Å²) < 4.78 is 1.76. The van der Waals surface area contributed by atoms with Crippen molar-refractivity contribution in [2.45, 2.75) is 38.3 Å². The van der Waals surface area contributed by atoms with Gasteiger partial charge >= 0.3 is 6.03 Å². The second-order valence-electron chi connectivity index (χ2n) is 13.3. The number of hydrogen-bond acceptors (Lipinski definition) is 7. The zero-order valence-corrected chi connectivity index (χ0v) is 28.9. The highest BCUT2D eigenvalue weighted by Gasteiger charge is 2.51. The molecule has 266 valence electrons. The van der Waals surface area contributed by atoms with E-state index in [4.69, 9.17) is 0 Å². The fourth-order valence-corrected chi connectivity index (χ4v) is 7.27. The molecular formula is C41H38N8O4. The lowest BCUT2D eigenvalue weighted by Gasteiger charge is -2.55. The molecule has 2 saturated heterocycles. The number of phenolic OH excluding ortho intramolecular Hbond substituents is 1. The van der Waals surface area contributed by atoms with Gasteiger partial charge in [0.2, 0.25) is 11.8 Å². The molecule has 2 aliphatic heterocycles. The van der Waals surface area contributed by atoms with E-state index in [0.29, 0.717) is 0 Å². The van der Waals surface area contributed by atoms with Crippen LogP contribution in [-0.2, 0) is 35.6 Å². The van der Waals surface area contributed by atoms with Crippen molar-refractivity contribution in [1.82, 2.24) is 39.9 Å². The largest absolute Gasteiger partial charge is 0.508 e. The van der Waals surface area contributed by atoms with Crippen molar-refractivity contribution in [2.24, 2.45) is 0 Å². The number of urea groups is 1. The number of nitrogens with one attached hydrogen (secondary N) is 1. The first-order valence-electron chi connectivity index (χ1n) is 17.6. The maximum absolute atomic E-state index is 14.6. The smallest absolute Gasteiger partial charge is 0.334 e. The van der Waals surface area contributed by atoms with E-state index in [0.717, 1.165) is 38.8 Å². The predicted octanol–water partition coefficient (Wildman–Crippen LogP) is 4.88. The Bertz CT molecular complexity index is 2240. The fraction of sp³-hybridized carbons (Fsp3) is 0.195. The van der Waals surface area contributed by atoms with Gasteiger partial charge in [0.05, 0.1) is 30.5 Å². The molecule has 53 heavy (non-hydrogen) atoms. The number of amides is 4. The molecule has 2 N–H and O–H groups in total. The molecule has 0 radical (unpaired) electrons. The van der Waals surface area contributed by atoms with Gasteiger partial charge in [0.15, 0.2) is 0 Å². The van der Waals surface area contributed by atoms with Crippen molar-refractivity contribution in [3.63, 3.8) is 0 Å². The van der Waals surface area contributed by atoms with Crippen molar-refractivity contribution in [1.29, 1.82) is 0 Å². The maximum atomic E-state index is 14.6. The molecule has 2 fully saturated rings. The third-order valence-electron chi connectivity index (χ3n) is 9.81. The molecule has 12 nitrogen and oxygen atoms in total. The van der Waals surface area contributed by atoms with Crippen molar-refractivity contribution < 1.29 is 19.5 Å². The van der Waals surface area contributed by atoms with Crippen LogP contribution in [0.25, 0.3) is 16.6 Å². The summed E-state index contributed by atoms with van der Waals surface area (Å²) in [6.07, 6.45) is 4.76. The Morgan fingerprint density at radius 2 is 1.58 bits per heavy atom. The zero-order chi connectivity index (χ0) is 36.3. The topological polar surface area (TPSA) is 127 Å². The summed E-state index contributed by atoms with van der Waals surface area (Å²) in [5.74, 6) is -0.371. The van der Waals surface area contributed by atoms with Crippen LogP contribution in [0, 0.1) is 0 Å². The molecule has 4 heterocycles. The number of phenols is 1. The van der Waals surface area contributed by atoms with Crippen LogP contribution in [0.2, 0.25) is 0 Å². The zero-order valence-electron chi connectivity index (χ0n) is 28.9. The number of nitrogens with zero attached hydrogens (tertiary/aromatic N) is 7. The molecular weight excluding hydrogens is 669 g/mol. The average molecular weight is 707 g/mol. The van der Waals surface area contributed by atoms with Crippen LogP contribution >= 0.6 is 0 Å².